The summed E-state index contributed by atoms with van der Waals surface area (Å²) >= 11 is 1.13. The van der Waals surface area contributed by atoms with E-state index in [9.17, 15) is 9.59 Å². The Bertz CT molecular complexity index is 1030. The van der Waals surface area contributed by atoms with Crippen LogP contribution in [0.4, 0.5) is 21.3 Å². The molecule has 0 spiro atoms. The quantitative estimate of drug-likeness (QED) is 0.461. The maximum absolute atomic E-state index is 12.6. The zero-order valence-electron chi connectivity index (χ0n) is 17.6. The molecule has 1 heterocycles. The van der Waals surface area contributed by atoms with Gasteiger partial charge in [-0.25, -0.2) is 9.78 Å². The van der Waals surface area contributed by atoms with Gasteiger partial charge in [-0.2, -0.15) is 0 Å². The van der Waals surface area contributed by atoms with Gasteiger partial charge >= 0.3 is 6.03 Å². The number of nitrogens with zero attached hydrogens (tertiary/aromatic N) is 1. The lowest BCUT2D eigenvalue weighted by molar-refractivity contribution is 0.103. The fourth-order valence-electron chi connectivity index (χ4n) is 3.29. The third kappa shape index (κ3) is 5.45. The molecule has 0 bridgehead atoms. The predicted molar refractivity (Wildman–Crippen MR) is 124 cm³/mol. The van der Waals surface area contributed by atoms with Crippen LogP contribution in [-0.4, -0.2) is 16.9 Å². The van der Waals surface area contributed by atoms with Crippen LogP contribution in [0.25, 0.3) is 0 Å². The zero-order valence-corrected chi connectivity index (χ0v) is 18.4. The summed E-state index contributed by atoms with van der Waals surface area (Å²) in [6.07, 6.45) is 3.56. The first kappa shape index (κ1) is 21.5. The summed E-state index contributed by atoms with van der Waals surface area (Å²) in [5.41, 5.74) is 5.91. The number of carbonyl (C=O) groups excluding carboxylic acids is 2. The first-order chi connectivity index (χ1) is 14.4. The van der Waals surface area contributed by atoms with E-state index in [1.54, 1.807) is 0 Å². The van der Waals surface area contributed by atoms with E-state index >= 15 is 0 Å². The van der Waals surface area contributed by atoms with Crippen molar-refractivity contribution in [3.63, 3.8) is 0 Å². The van der Waals surface area contributed by atoms with Gasteiger partial charge in [0.05, 0.1) is 6.20 Å². The molecule has 0 atom stereocenters. The highest BCUT2D eigenvalue weighted by Gasteiger charge is 2.15. The van der Waals surface area contributed by atoms with Crippen LogP contribution in [0.5, 0.6) is 0 Å². The van der Waals surface area contributed by atoms with E-state index in [0.717, 1.165) is 46.6 Å². The molecule has 2 aromatic carbocycles. The summed E-state index contributed by atoms with van der Waals surface area (Å²) in [6.45, 7) is 8.09. The summed E-state index contributed by atoms with van der Waals surface area (Å²) < 4.78 is 0. The van der Waals surface area contributed by atoms with Crippen molar-refractivity contribution in [2.45, 2.75) is 40.5 Å². The standard InChI is InChI=1S/C23H26N4O2S/c1-5-6-17-7-9-18(10-8-17)25-22(29)27-23-24-13-19(30-23)21(28)26-20-15(3)11-14(2)12-16(20)4/h7-13H,5-6H2,1-4H3,(H,26,28)(H2,24,25,27,29). The minimum Gasteiger partial charge on any atom is -0.321 e. The topological polar surface area (TPSA) is 83.1 Å². The van der Waals surface area contributed by atoms with Crippen LogP contribution in [0.1, 0.15) is 45.3 Å². The third-order valence-corrected chi connectivity index (χ3v) is 5.53. The Morgan fingerprint density at radius 2 is 1.63 bits per heavy atom. The Morgan fingerprint density at radius 1 is 0.967 bits per heavy atom. The van der Waals surface area contributed by atoms with E-state index in [0.29, 0.717) is 15.7 Å². The largest absolute Gasteiger partial charge is 0.325 e. The Kier molecular flexibility index (Phi) is 6.84. The number of nitrogens with one attached hydrogen (secondary N) is 3. The molecule has 0 saturated heterocycles. The number of hydrogen-bond acceptors (Lipinski definition) is 4. The molecular weight excluding hydrogens is 396 g/mol. The molecule has 0 aliphatic rings. The fraction of sp³-hybridized carbons (Fsp3) is 0.261. The van der Waals surface area contributed by atoms with Crippen molar-refractivity contribution in [1.82, 2.24) is 4.98 Å². The molecule has 6 nitrogen and oxygen atoms in total. The second-order valence-corrected chi connectivity index (χ2v) is 8.31. The lowest BCUT2D eigenvalue weighted by atomic mass is 10.1. The van der Waals surface area contributed by atoms with E-state index in [2.05, 4.69) is 27.9 Å². The molecular formula is C23H26N4O2S. The van der Waals surface area contributed by atoms with Crippen LogP contribution in [0.3, 0.4) is 0 Å². The Morgan fingerprint density at radius 3 is 2.27 bits per heavy atom. The monoisotopic (exact) mass is 422 g/mol. The number of aromatic nitrogens is 1. The molecule has 3 rings (SSSR count). The summed E-state index contributed by atoms with van der Waals surface area (Å²) in [5.74, 6) is -0.248. The smallest absolute Gasteiger partial charge is 0.321 e. The Hall–Kier alpha value is -3.19. The number of urea groups is 1. The highest BCUT2D eigenvalue weighted by Crippen LogP contribution is 2.25. The summed E-state index contributed by atoms with van der Waals surface area (Å²) in [6, 6.07) is 11.4. The van der Waals surface area contributed by atoms with Crippen LogP contribution in [-0.2, 0) is 6.42 Å². The van der Waals surface area contributed by atoms with Crippen molar-refractivity contribution in [2.24, 2.45) is 0 Å². The van der Waals surface area contributed by atoms with E-state index in [4.69, 9.17) is 0 Å². The fourth-order valence-corrected chi connectivity index (χ4v) is 4.00. The lowest BCUT2D eigenvalue weighted by Gasteiger charge is -2.12. The van der Waals surface area contributed by atoms with Crippen molar-refractivity contribution >= 4 is 39.8 Å². The molecule has 30 heavy (non-hydrogen) atoms. The second kappa shape index (κ2) is 9.54. The van der Waals surface area contributed by atoms with Crippen LogP contribution < -0.4 is 16.0 Å². The van der Waals surface area contributed by atoms with Crippen molar-refractivity contribution in [2.75, 3.05) is 16.0 Å². The van der Waals surface area contributed by atoms with Crippen molar-refractivity contribution < 1.29 is 9.59 Å². The number of hydrogen-bond donors (Lipinski definition) is 3. The Labute approximate surface area is 180 Å². The van der Waals surface area contributed by atoms with Crippen LogP contribution in [0.2, 0.25) is 0 Å². The van der Waals surface area contributed by atoms with Crippen molar-refractivity contribution in [1.29, 1.82) is 0 Å². The minimum absolute atomic E-state index is 0.248. The summed E-state index contributed by atoms with van der Waals surface area (Å²) in [7, 11) is 0. The SMILES string of the molecule is CCCc1ccc(NC(=O)Nc2ncc(C(=O)Nc3c(C)cc(C)cc3C)s2)cc1. The molecule has 1 aromatic heterocycles. The van der Waals surface area contributed by atoms with Gasteiger partial charge in [0.15, 0.2) is 5.13 Å². The number of rotatable bonds is 6. The van der Waals surface area contributed by atoms with E-state index in [1.165, 1.54) is 11.8 Å². The number of benzene rings is 2. The van der Waals surface area contributed by atoms with Gasteiger partial charge in [-0.05, 0) is 56.0 Å². The molecule has 3 amide bonds. The third-order valence-electron chi connectivity index (χ3n) is 4.62. The van der Waals surface area contributed by atoms with Gasteiger partial charge < -0.3 is 10.6 Å². The van der Waals surface area contributed by atoms with E-state index < -0.39 is 6.03 Å². The number of carbonyl (C=O) groups is 2. The molecule has 3 aromatic rings. The predicted octanol–water partition coefficient (Wildman–Crippen LogP) is 5.92. The van der Waals surface area contributed by atoms with E-state index in [-0.39, 0.29) is 5.91 Å². The maximum Gasteiger partial charge on any atom is 0.325 e. The number of amides is 3. The van der Waals surface area contributed by atoms with Crippen molar-refractivity contribution in [3.8, 4) is 0 Å². The van der Waals surface area contributed by atoms with Gasteiger partial charge in [-0.15, -0.1) is 0 Å². The van der Waals surface area contributed by atoms with Gasteiger partial charge in [-0.1, -0.05) is 54.5 Å². The van der Waals surface area contributed by atoms with Gasteiger partial charge in [0, 0.05) is 11.4 Å². The van der Waals surface area contributed by atoms with Gasteiger partial charge in [0.2, 0.25) is 0 Å². The zero-order chi connectivity index (χ0) is 21.7. The van der Waals surface area contributed by atoms with Gasteiger partial charge in [-0.3, -0.25) is 10.1 Å². The van der Waals surface area contributed by atoms with Crippen LogP contribution in [0.15, 0.2) is 42.6 Å². The van der Waals surface area contributed by atoms with E-state index in [1.807, 2.05) is 57.2 Å². The molecule has 0 aliphatic carbocycles. The number of thiazole rings is 1. The van der Waals surface area contributed by atoms with Gasteiger partial charge in [0.25, 0.3) is 5.91 Å². The molecule has 156 valence electrons. The average Bonchev–Trinajstić information content (AvgIpc) is 3.14. The molecule has 0 aliphatic heterocycles. The summed E-state index contributed by atoms with van der Waals surface area (Å²) in [4.78, 5) is 29.4. The number of anilines is 3. The molecule has 0 saturated carbocycles. The summed E-state index contributed by atoms with van der Waals surface area (Å²) in [5, 5.41) is 8.76. The molecule has 0 unspecified atom stereocenters. The molecule has 0 fully saturated rings. The lowest BCUT2D eigenvalue weighted by Crippen LogP contribution is -2.19. The first-order valence-electron chi connectivity index (χ1n) is 9.87. The second-order valence-electron chi connectivity index (χ2n) is 7.28. The highest BCUT2D eigenvalue weighted by atomic mass is 32.1. The minimum atomic E-state index is -0.398. The van der Waals surface area contributed by atoms with Crippen LogP contribution >= 0.6 is 11.3 Å². The molecule has 3 N–H and O–H groups in total. The first-order valence-corrected chi connectivity index (χ1v) is 10.7. The highest BCUT2D eigenvalue weighted by molar-refractivity contribution is 7.17. The molecule has 0 radical (unpaired) electrons. The average molecular weight is 423 g/mol. The van der Waals surface area contributed by atoms with Crippen molar-refractivity contribution in [3.05, 3.63) is 69.7 Å². The maximum atomic E-state index is 12.6. The normalized spacial score (nSPS) is 10.5. The van der Waals surface area contributed by atoms with Crippen LogP contribution in [0, 0.1) is 20.8 Å². The Balaban J connectivity index is 1.60. The number of aryl methyl sites for hydroxylation is 4. The van der Waals surface area contributed by atoms with Gasteiger partial charge in [0.1, 0.15) is 4.88 Å². The molecule has 7 heteroatoms.